The average molecular weight is 283 g/mol. The van der Waals surface area contributed by atoms with E-state index >= 15 is 0 Å². The van der Waals surface area contributed by atoms with Gasteiger partial charge in [-0.2, -0.15) is 0 Å². The fraction of sp³-hybridized carbons (Fsp3) is 0.643. The van der Waals surface area contributed by atoms with Crippen LogP contribution in [0, 0.1) is 0 Å². The summed E-state index contributed by atoms with van der Waals surface area (Å²) in [7, 11) is 0. The van der Waals surface area contributed by atoms with Crippen molar-refractivity contribution in [2.75, 3.05) is 13.2 Å². The van der Waals surface area contributed by atoms with E-state index in [1.165, 1.54) is 11.3 Å². The van der Waals surface area contributed by atoms with Crippen molar-refractivity contribution < 1.29 is 15.0 Å². The number of carbonyl (C=O) groups excluding carboxylic acids is 1. The molecule has 0 atom stereocenters. The normalized spacial score (nSPS) is 15.1. The minimum absolute atomic E-state index is 0.177. The molecule has 1 aromatic rings. The van der Waals surface area contributed by atoms with Crippen molar-refractivity contribution in [1.82, 2.24) is 5.32 Å². The van der Waals surface area contributed by atoms with E-state index in [1.54, 1.807) is 11.3 Å². The van der Waals surface area contributed by atoms with Gasteiger partial charge in [0, 0.05) is 10.3 Å². The van der Waals surface area contributed by atoms with E-state index in [0.717, 1.165) is 30.4 Å². The molecule has 0 radical (unpaired) electrons. The van der Waals surface area contributed by atoms with Crippen molar-refractivity contribution in [3.05, 3.63) is 21.4 Å². The molecule has 0 aromatic carbocycles. The van der Waals surface area contributed by atoms with Gasteiger partial charge in [-0.05, 0) is 37.7 Å². The van der Waals surface area contributed by atoms with Crippen LogP contribution in [-0.2, 0) is 12.8 Å². The first-order valence-electron chi connectivity index (χ1n) is 6.79. The van der Waals surface area contributed by atoms with Gasteiger partial charge >= 0.3 is 0 Å². The summed E-state index contributed by atoms with van der Waals surface area (Å²) in [5.74, 6) is -0.177. The molecule has 0 unspecified atom stereocenters. The van der Waals surface area contributed by atoms with Crippen LogP contribution in [0.5, 0.6) is 0 Å². The van der Waals surface area contributed by atoms with Crippen molar-refractivity contribution in [2.24, 2.45) is 0 Å². The molecule has 0 bridgehead atoms. The van der Waals surface area contributed by atoms with Gasteiger partial charge in [-0.1, -0.05) is 6.92 Å². The van der Waals surface area contributed by atoms with Crippen molar-refractivity contribution >= 4 is 17.2 Å². The second-order valence-corrected chi connectivity index (χ2v) is 6.13. The molecule has 3 N–H and O–H groups in total. The van der Waals surface area contributed by atoms with Crippen molar-refractivity contribution in [3.8, 4) is 0 Å². The second kappa shape index (κ2) is 6.03. The molecule has 1 heterocycles. The molecule has 19 heavy (non-hydrogen) atoms. The molecule has 0 saturated carbocycles. The molecule has 0 aliphatic heterocycles. The topological polar surface area (TPSA) is 69.6 Å². The zero-order valence-electron chi connectivity index (χ0n) is 11.2. The average Bonchev–Trinajstić information content (AvgIpc) is 2.89. The van der Waals surface area contributed by atoms with Gasteiger partial charge in [0.2, 0.25) is 0 Å². The summed E-state index contributed by atoms with van der Waals surface area (Å²) >= 11 is 1.64. The summed E-state index contributed by atoms with van der Waals surface area (Å²) in [4.78, 5) is 13.7. The lowest BCUT2D eigenvalue weighted by atomic mass is 9.94. The number of thiophene rings is 1. The Morgan fingerprint density at radius 3 is 2.68 bits per heavy atom. The van der Waals surface area contributed by atoms with E-state index in [1.807, 2.05) is 12.3 Å². The van der Waals surface area contributed by atoms with Crippen molar-refractivity contribution in [3.63, 3.8) is 0 Å². The number of fused-ring (bicyclic) bond motifs is 1. The number of hydrogen-bond acceptors (Lipinski definition) is 4. The predicted molar refractivity (Wildman–Crippen MR) is 75.6 cm³/mol. The summed E-state index contributed by atoms with van der Waals surface area (Å²) in [5, 5.41) is 23.5. The number of aliphatic hydroxyl groups is 2. The Morgan fingerprint density at radius 2 is 2.05 bits per heavy atom. The van der Waals surface area contributed by atoms with Crippen LogP contribution < -0.4 is 5.32 Å². The Hall–Kier alpha value is -0.910. The lowest BCUT2D eigenvalue weighted by Crippen LogP contribution is -2.53. The fourth-order valence-corrected chi connectivity index (χ4v) is 3.56. The zero-order valence-corrected chi connectivity index (χ0v) is 12.1. The molecule has 2 rings (SSSR count). The number of aliphatic hydroxyl groups excluding tert-OH is 2. The number of amides is 1. The van der Waals surface area contributed by atoms with Crippen LogP contribution in [0.4, 0.5) is 0 Å². The van der Waals surface area contributed by atoms with Gasteiger partial charge in [-0.25, -0.2) is 0 Å². The number of hydrogen-bond donors (Lipinski definition) is 3. The van der Waals surface area contributed by atoms with E-state index in [9.17, 15) is 15.0 Å². The summed E-state index contributed by atoms with van der Waals surface area (Å²) < 4.78 is 0. The minimum Gasteiger partial charge on any atom is -0.394 e. The highest BCUT2D eigenvalue weighted by molar-refractivity contribution is 7.10. The molecule has 1 aromatic heterocycles. The number of rotatable bonds is 5. The lowest BCUT2D eigenvalue weighted by Gasteiger charge is -2.29. The third-order valence-electron chi connectivity index (χ3n) is 3.97. The first-order valence-corrected chi connectivity index (χ1v) is 7.67. The zero-order chi connectivity index (χ0) is 13.9. The molecule has 4 nitrogen and oxygen atoms in total. The largest absolute Gasteiger partial charge is 0.394 e. The number of carbonyl (C=O) groups is 1. The van der Waals surface area contributed by atoms with E-state index in [4.69, 9.17) is 0 Å². The molecule has 106 valence electrons. The van der Waals surface area contributed by atoms with Crippen molar-refractivity contribution in [2.45, 2.75) is 44.6 Å². The lowest BCUT2D eigenvalue weighted by molar-refractivity contribution is 0.0652. The van der Waals surface area contributed by atoms with E-state index in [0.29, 0.717) is 6.42 Å². The molecule has 0 spiro atoms. The monoisotopic (exact) mass is 283 g/mol. The molecular weight excluding hydrogens is 262 g/mol. The predicted octanol–water partition coefficient (Wildman–Crippen LogP) is 1.49. The SMILES string of the molecule is CCC(CO)(CO)NC(=O)c1csc2c1CCCC2. The Morgan fingerprint density at radius 1 is 1.37 bits per heavy atom. The highest BCUT2D eigenvalue weighted by Gasteiger charge is 2.30. The minimum atomic E-state index is -0.916. The van der Waals surface area contributed by atoms with Crippen LogP contribution in [-0.4, -0.2) is 34.9 Å². The summed E-state index contributed by atoms with van der Waals surface area (Å²) in [5.41, 5.74) is 0.967. The Labute approximate surface area is 117 Å². The van der Waals surface area contributed by atoms with Gasteiger partial charge < -0.3 is 15.5 Å². The standard InChI is InChI=1S/C14H21NO3S/c1-2-14(8-16,9-17)15-13(18)11-7-19-12-6-4-3-5-10(11)12/h7,16-17H,2-6,8-9H2,1H3,(H,15,18). The quantitative estimate of drug-likeness (QED) is 0.767. The third-order valence-corrected chi connectivity index (χ3v) is 5.06. The van der Waals surface area contributed by atoms with Gasteiger partial charge in [-0.15, -0.1) is 11.3 Å². The summed E-state index contributed by atoms with van der Waals surface area (Å²) in [6.07, 6.45) is 4.84. The number of nitrogens with one attached hydrogen (secondary N) is 1. The maximum atomic E-state index is 12.3. The maximum Gasteiger partial charge on any atom is 0.253 e. The summed E-state index contributed by atoms with van der Waals surface area (Å²) in [6, 6.07) is 0. The van der Waals surface area contributed by atoms with Gasteiger partial charge in [0.15, 0.2) is 0 Å². The highest BCUT2D eigenvalue weighted by atomic mass is 32.1. The molecule has 0 fully saturated rings. The molecule has 1 aliphatic rings. The van der Waals surface area contributed by atoms with Crippen LogP contribution >= 0.6 is 11.3 Å². The highest BCUT2D eigenvalue weighted by Crippen LogP contribution is 2.30. The smallest absolute Gasteiger partial charge is 0.253 e. The van der Waals surface area contributed by atoms with Crippen LogP contribution in [0.15, 0.2) is 5.38 Å². The van der Waals surface area contributed by atoms with Crippen LogP contribution in [0.3, 0.4) is 0 Å². The number of aryl methyl sites for hydroxylation is 1. The first-order chi connectivity index (χ1) is 9.15. The Kier molecular flexibility index (Phi) is 4.60. The molecule has 1 amide bonds. The Bertz CT molecular complexity index is 443. The molecule has 0 saturated heterocycles. The van der Waals surface area contributed by atoms with Gasteiger partial charge in [0.1, 0.15) is 0 Å². The van der Waals surface area contributed by atoms with E-state index in [2.05, 4.69) is 5.32 Å². The maximum absolute atomic E-state index is 12.3. The van der Waals surface area contributed by atoms with E-state index in [-0.39, 0.29) is 19.1 Å². The van der Waals surface area contributed by atoms with Gasteiger partial charge in [0.05, 0.1) is 24.3 Å². The molecule has 1 aliphatic carbocycles. The Balaban J connectivity index is 2.18. The molecule has 5 heteroatoms. The van der Waals surface area contributed by atoms with Crippen molar-refractivity contribution in [1.29, 1.82) is 0 Å². The summed E-state index contributed by atoms with van der Waals surface area (Å²) in [6.45, 7) is 1.34. The van der Waals surface area contributed by atoms with Gasteiger partial charge in [-0.3, -0.25) is 4.79 Å². The first kappa shape index (κ1) is 14.5. The second-order valence-electron chi connectivity index (χ2n) is 5.16. The van der Waals surface area contributed by atoms with Crippen LogP contribution in [0.1, 0.15) is 47.0 Å². The van der Waals surface area contributed by atoms with Crippen LogP contribution in [0.25, 0.3) is 0 Å². The molecular formula is C14H21NO3S. The van der Waals surface area contributed by atoms with Gasteiger partial charge in [0.25, 0.3) is 5.91 Å². The van der Waals surface area contributed by atoms with Crippen LogP contribution in [0.2, 0.25) is 0 Å². The third kappa shape index (κ3) is 2.83. The van der Waals surface area contributed by atoms with E-state index < -0.39 is 5.54 Å². The fourth-order valence-electron chi connectivity index (χ4n) is 2.43.